The van der Waals surface area contributed by atoms with E-state index in [-0.39, 0.29) is 37.5 Å². The summed E-state index contributed by atoms with van der Waals surface area (Å²) in [7, 11) is 0. The maximum atomic E-state index is 12.8. The minimum Gasteiger partial charge on any atom is -0.462 e. The number of carbonyl (C=O) groups excluding carboxylic acids is 3. The zero-order valence-electron chi connectivity index (χ0n) is 43.8. The van der Waals surface area contributed by atoms with Crippen LogP contribution >= 0.6 is 0 Å². The average Bonchev–Trinajstić information content (AvgIpc) is 3.30. The predicted molar refractivity (Wildman–Crippen MR) is 279 cm³/mol. The molecule has 0 aromatic heterocycles. The van der Waals surface area contributed by atoms with Crippen molar-refractivity contribution in [3.05, 3.63) is 24.3 Å². The Bertz CT molecular complexity index is 1050. The molecule has 65 heavy (non-hydrogen) atoms. The number of hydrogen-bond acceptors (Lipinski definition) is 6. The van der Waals surface area contributed by atoms with E-state index in [9.17, 15) is 14.4 Å². The van der Waals surface area contributed by atoms with Crippen LogP contribution in [0.15, 0.2) is 24.3 Å². The van der Waals surface area contributed by atoms with E-state index in [1.54, 1.807) is 0 Å². The van der Waals surface area contributed by atoms with E-state index in [1.807, 2.05) is 6.08 Å². The Morgan fingerprint density at radius 1 is 0.308 bits per heavy atom. The molecule has 0 radical (unpaired) electrons. The van der Waals surface area contributed by atoms with Gasteiger partial charge in [0.2, 0.25) is 0 Å². The van der Waals surface area contributed by atoms with Gasteiger partial charge in [-0.05, 0) is 38.5 Å². The second-order valence-electron chi connectivity index (χ2n) is 19.6. The minimum atomic E-state index is -0.788. The lowest BCUT2D eigenvalue weighted by atomic mass is 10.0. The highest BCUT2D eigenvalue weighted by atomic mass is 16.6. The maximum absolute atomic E-state index is 12.8. The molecule has 0 heterocycles. The normalized spacial score (nSPS) is 12.1. The van der Waals surface area contributed by atoms with Gasteiger partial charge in [-0.1, -0.05) is 283 Å². The molecule has 6 nitrogen and oxygen atoms in total. The van der Waals surface area contributed by atoms with Gasteiger partial charge in [0.1, 0.15) is 13.2 Å². The molecule has 0 N–H and O–H groups in total. The van der Waals surface area contributed by atoms with Crippen LogP contribution in [0.25, 0.3) is 0 Å². The zero-order chi connectivity index (χ0) is 47.2. The van der Waals surface area contributed by atoms with E-state index in [2.05, 4.69) is 39.0 Å². The Morgan fingerprint density at radius 3 is 0.938 bits per heavy atom. The summed E-state index contributed by atoms with van der Waals surface area (Å²) < 4.78 is 16.8. The van der Waals surface area contributed by atoms with Gasteiger partial charge >= 0.3 is 17.9 Å². The lowest BCUT2D eigenvalue weighted by molar-refractivity contribution is -0.166. The monoisotopic (exact) mass is 915 g/mol. The first kappa shape index (κ1) is 62.9. The summed E-state index contributed by atoms with van der Waals surface area (Å²) in [4.78, 5) is 38.1. The van der Waals surface area contributed by atoms with Gasteiger partial charge in [-0.15, -0.1) is 0 Å². The van der Waals surface area contributed by atoms with Crippen LogP contribution in [-0.4, -0.2) is 37.2 Å². The van der Waals surface area contributed by atoms with Gasteiger partial charge < -0.3 is 14.2 Å². The first-order valence-electron chi connectivity index (χ1n) is 28.8. The molecule has 0 aliphatic rings. The Hall–Kier alpha value is -2.11. The summed E-state index contributed by atoms with van der Waals surface area (Å²) in [6, 6.07) is 0. The fourth-order valence-corrected chi connectivity index (χ4v) is 8.62. The Balaban J connectivity index is 4.34. The Morgan fingerprint density at radius 2 is 0.585 bits per heavy atom. The fraction of sp³-hybridized carbons (Fsp3) is 0.881. The number of hydrogen-bond donors (Lipinski definition) is 0. The largest absolute Gasteiger partial charge is 0.462 e. The number of rotatable bonds is 53. The molecule has 0 saturated heterocycles. The van der Waals surface area contributed by atoms with E-state index in [0.717, 1.165) is 51.4 Å². The third kappa shape index (κ3) is 52.7. The molecule has 6 heteroatoms. The molecule has 0 spiro atoms. The van der Waals surface area contributed by atoms with E-state index in [4.69, 9.17) is 14.2 Å². The lowest BCUT2D eigenvalue weighted by Crippen LogP contribution is -2.30. The van der Waals surface area contributed by atoms with Crippen molar-refractivity contribution >= 4 is 17.9 Å². The van der Waals surface area contributed by atoms with Crippen LogP contribution in [0, 0.1) is 0 Å². The first-order chi connectivity index (χ1) is 32.0. The third-order valence-electron chi connectivity index (χ3n) is 13.0. The van der Waals surface area contributed by atoms with Crippen LogP contribution in [0.5, 0.6) is 0 Å². The lowest BCUT2D eigenvalue weighted by Gasteiger charge is -2.18. The third-order valence-corrected chi connectivity index (χ3v) is 13.0. The molecule has 0 aromatic rings. The van der Waals surface area contributed by atoms with Crippen molar-refractivity contribution in [1.29, 1.82) is 0 Å². The Labute approximate surface area is 404 Å². The molecule has 382 valence electrons. The van der Waals surface area contributed by atoms with Gasteiger partial charge in [-0.2, -0.15) is 0 Å². The predicted octanol–water partition coefficient (Wildman–Crippen LogP) is 19.1. The van der Waals surface area contributed by atoms with Crippen molar-refractivity contribution in [2.24, 2.45) is 0 Å². The zero-order valence-corrected chi connectivity index (χ0v) is 43.8. The molecular formula is C59H110O6. The second-order valence-corrected chi connectivity index (χ2v) is 19.6. The van der Waals surface area contributed by atoms with Crippen molar-refractivity contribution in [3.8, 4) is 0 Å². The molecule has 0 saturated carbocycles. The molecule has 0 rings (SSSR count). The highest BCUT2D eigenvalue weighted by Crippen LogP contribution is 2.17. The molecule has 0 amide bonds. The molecular weight excluding hydrogens is 805 g/mol. The van der Waals surface area contributed by atoms with E-state index >= 15 is 0 Å². The number of allylic oxidation sites excluding steroid dienone is 4. The van der Waals surface area contributed by atoms with Crippen molar-refractivity contribution in [2.45, 2.75) is 322 Å². The van der Waals surface area contributed by atoms with Crippen molar-refractivity contribution in [1.82, 2.24) is 0 Å². The fourth-order valence-electron chi connectivity index (χ4n) is 8.62. The highest BCUT2D eigenvalue weighted by Gasteiger charge is 2.19. The second kappa shape index (κ2) is 54.5. The van der Waals surface area contributed by atoms with Crippen LogP contribution in [0.4, 0.5) is 0 Å². The van der Waals surface area contributed by atoms with Crippen LogP contribution in [0.1, 0.15) is 316 Å². The van der Waals surface area contributed by atoms with E-state index in [1.165, 1.54) is 218 Å². The van der Waals surface area contributed by atoms with Crippen LogP contribution in [0.3, 0.4) is 0 Å². The van der Waals surface area contributed by atoms with Crippen molar-refractivity contribution in [2.75, 3.05) is 13.2 Å². The maximum Gasteiger partial charge on any atom is 0.306 e. The van der Waals surface area contributed by atoms with Gasteiger partial charge in [0.15, 0.2) is 6.10 Å². The summed E-state index contributed by atoms with van der Waals surface area (Å²) in [6.45, 7) is 6.63. The first-order valence-corrected chi connectivity index (χ1v) is 28.8. The summed E-state index contributed by atoms with van der Waals surface area (Å²) in [6.07, 6.45) is 63.3. The van der Waals surface area contributed by atoms with Crippen molar-refractivity contribution in [3.63, 3.8) is 0 Å². The quantitative estimate of drug-likeness (QED) is 0.0262. The summed E-state index contributed by atoms with van der Waals surface area (Å²) in [5, 5.41) is 0. The molecule has 1 atom stereocenters. The van der Waals surface area contributed by atoms with Crippen LogP contribution in [-0.2, 0) is 28.6 Å². The van der Waals surface area contributed by atoms with E-state index in [0.29, 0.717) is 19.3 Å². The van der Waals surface area contributed by atoms with Crippen LogP contribution in [0.2, 0.25) is 0 Å². The molecule has 0 aliphatic carbocycles. The number of esters is 3. The molecule has 1 unspecified atom stereocenters. The average molecular weight is 916 g/mol. The van der Waals surface area contributed by atoms with Gasteiger partial charge in [0.05, 0.1) is 0 Å². The molecule has 0 bridgehead atoms. The Kier molecular flexibility index (Phi) is 52.7. The smallest absolute Gasteiger partial charge is 0.306 e. The number of carbonyl (C=O) groups is 3. The highest BCUT2D eigenvalue weighted by molar-refractivity contribution is 5.71. The van der Waals surface area contributed by atoms with Gasteiger partial charge in [-0.3, -0.25) is 14.4 Å². The van der Waals surface area contributed by atoms with Crippen molar-refractivity contribution < 1.29 is 28.6 Å². The summed E-state index contributed by atoms with van der Waals surface area (Å²) in [5.74, 6) is -0.932. The number of unbranched alkanes of at least 4 members (excludes halogenated alkanes) is 38. The summed E-state index contributed by atoms with van der Waals surface area (Å²) in [5.41, 5.74) is 0. The SMILES string of the molecule is CCCCCCCC/C=C\C/C=C\CCC(=O)OCC(COC(=O)CCCCCCCCCCCCCCCCCCCC)OC(=O)CCCCCCCCCCCCCCCCCC. The summed E-state index contributed by atoms with van der Waals surface area (Å²) >= 11 is 0. The van der Waals surface area contributed by atoms with Gasteiger partial charge in [0.25, 0.3) is 0 Å². The number of ether oxygens (including phenoxy) is 3. The van der Waals surface area contributed by atoms with Crippen LogP contribution < -0.4 is 0 Å². The minimum absolute atomic E-state index is 0.0825. The molecule has 0 aliphatic heterocycles. The molecule has 0 aromatic carbocycles. The topological polar surface area (TPSA) is 78.9 Å². The standard InChI is InChI=1S/C59H110O6/c1-4-7-10-13-16-19-22-25-27-29-30-32-34-37-40-43-46-49-52-58(61)64-55-56(54-63-57(60)51-48-45-42-39-36-33-24-21-18-15-12-9-6-3)65-59(62)53-50-47-44-41-38-35-31-28-26-23-20-17-14-11-8-5-2/h33,36,42,45,56H,4-32,34-35,37-41,43-44,46-55H2,1-3H3/b36-33-,45-42-. The van der Waals surface area contributed by atoms with Gasteiger partial charge in [0, 0.05) is 19.3 Å². The van der Waals surface area contributed by atoms with Gasteiger partial charge in [-0.25, -0.2) is 0 Å². The van der Waals surface area contributed by atoms with E-state index < -0.39 is 6.10 Å². The molecule has 0 fully saturated rings.